The number of nitrogens with one attached hydrogen (secondary N) is 3. The standard InChI is InChI=1S/C20H30N6O6S/c27-13(4-2-1-3-12-14-11(8-33-12)22-20(31)23-14)21-5-9-6-26(25-24-9)7-10-15(28)16(29)17(30)19-18(10)32-19/h6,10-12,14-19,28-30H,1-5,7-8H2,(H,21,27)(H2,22,23,31)/t10-,11+,12+,14+,15+,16+,17-,18-,19+/m1/s1. The van der Waals surface area contributed by atoms with E-state index in [0.717, 1.165) is 25.0 Å². The largest absolute Gasteiger partial charge is 0.390 e. The Labute approximate surface area is 194 Å². The van der Waals surface area contributed by atoms with Crippen LogP contribution in [-0.4, -0.2) is 95.9 Å². The summed E-state index contributed by atoms with van der Waals surface area (Å²) >= 11 is 1.88. The molecule has 9 atom stereocenters. The van der Waals surface area contributed by atoms with E-state index >= 15 is 0 Å². The molecule has 13 heteroatoms. The van der Waals surface area contributed by atoms with Crippen LogP contribution in [-0.2, 0) is 22.6 Å². The first-order valence-corrected chi connectivity index (χ1v) is 12.5. The van der Waals surface area contributed by atoms with E-state index in [-0.39, 0.29) is 42.6 Å². The third-order valence-electron chi connectivity index (χ3n) is 6.99. The van der Waals surface area contributed by atoms with E-state index in [0.29, 0.717) is 23.9 Å². The van der Waals surface area contributed by atoms with Gasteiger partial charge in [-0.2, -0.15) is 11.8 Å². The topological polar surface area (TPSA) is 174 Å². The third kappa shape index (κ3) is 4.83. The Balaban J connectivity index is 0.998. The predicted molar refractivity (Wildman–Crippen MR) is 116 cm³/mol. The zero-order valence-electron chi connectivity index (χ0n) is 18.0. The molecule has 12 nitrogen and oxygen atoms in total. The van der Waals surface area contributed by atoms with E-state index in [1.165, 1.54) is 0 Å². The van der Waals surface area contributed by atoms with Crippen molar-refractivity contribution in [3.8, 4) is 0 Å². The van der Waals surface area contributed by atoms with Crippen LogP contribution < -0.4 is 16.0 Å². The highest BCUT2D eigenvalue weighted by Crippen LogP contribution is 2.42. The number of amides is 3. The van der Waals surface area contributed by atoms with Crippen molar-refractivity contribution in [1.82, 2.24) is 30.9 Å². The van der Waals surface area contributed by atoms with Crippen LogP contribution in [0.4, 0.5) is 4.79 Å². The minimum Gasteiger partial charge on any atom is -0.390 e. The van der Waals surface area contributed by atoms with Gasteiger partial charge in [0.2, 0.25) is 5.91 Å². The van der Waals surface area contributed by atoms with Gasteiger partial charge in [-0.1, -0.05) is 11.6 Å². The summed E-state index contributed by atoms with van der Waals surface area (Å²) in [5.41, 5.74) is 0.598. The first-order chi connectivity index (χ1) is 15.9. The fraction of sp³-hybridized carbons (Fsp3) is 0.800. The lowest BCUT2D eigenvalue weighted by atomic mass is 9.82. The fourth-order valence-electron chi connectivity index (χ4n) is 5.09. The maximum absolute atomic E-state index is 12.2. The highest BCUT2D eigenvalue weighted by Gasteiger charge is 2.60. The van der Waals surface area contributed by atoms with E-state index in [1.54, 1.807) is 10.9 Å². The van der Waals surface area contributed by atoms with E-state index in [9.17, 15) is 24.9 Å². The molecular formula is C20H30N6O6S. The van der Waals surface area contributed by atoms with E-state index < -0.39 is 24.4 Å². The molecule has 1 aliphatic carbocycles. The van der Waals surface area contributed by atoms with Crippen LogP contribution in [0.15, 0.2) is 6.20 Å². The molecule has 0 unspecified atom stereocenters. The molecule has 3 saturated heterocycles. The number of aliphatic hydroxyl groups excluding tert-OH is 3. The molecule has 0 aromatic carbocycles. The van der Waals surface area contributed by atoms with Gasteiger partial charge in [-0.25, -0.2) is 4.79 Å². The zero-order valence-corrected chi connectivity index (χ0v) is 18.9. The number of fused-ring (bicyclic) bond motifs is 2. The van der Waals surface area contributed by atoms with Gasteiger partial charge in [0.05, 0.1) is 43.6 Å². The van der Waals surface area contributed by atoms with Gasteiger partial charge < -0.3 is 36.0 Å². The number of carbonyl (C=O) groups is 2. The maximum atomic E-state index is 12.2. The molecule has 0 bridgehead atoms. The number of carbonyl (C=O) groups excluding carboxylic acids is 2. The molecule has 4 heterocycles. The molecule has 182 valence electrons. The number of aromatic nitrogens is 3. The van der Waals surface area contributed by atoms with Crippen LogP contribution in [0.1, 0.15) is 31.4 Å². The summed E-state index contributed by atoms with van der Waals surface area (Å²) < 4.78 is 6.95. The molecule has 1 saturated carbocycles. The lowest BCUT2D eigenvalue weighted by molar-refractivity contribution is -0.121. The summed E-state index contributed by atoms with van der Waals surface area (Å²) in [6.07, 6.45) is 0.627. The highest BCUT2D eigenvalue weighted by atomic mass is 32.2. The molecular weight excluding hydrogens is 452 g/mol. The second kappa shape index (κ2) is 9.37. The molecule has 0 radical (unpaired) electrons. The third-order valence-corrected chi connectivity index (χ3v) is 8.50. The van der Waals surface area contributed by atoms with Gasteiger partial charge in [0.25, 0.3) is 0 Å². The number of unbranched alkanes of at least 4 members (excludes halogenated alkanes) is 1. The maximum Gasteiger partial charge on any atom is 0.315 e. The van der Waals surface area contributed by atoms with Crippen LogP contribution >= 0.6 is 11.8 Å². The Morgan fingerprint density at radius 2 is 2.06 bits per heavy atom. The van der Waals surface area contributed by atoms with Gasteiger partial charge in [0.1, 0.15) is 24.0 Å². The van der Waals surface area contributed by atoms with Gasteiger partial charge >= 0.3 is 6.03 Å². The van der Waals surface area contributed by atoms with Gasteiger partial charge in [-0.05, 0) is 12.8 Å². The Morgan fingerprint density at radius 1 is 1.21 bits per heavy atom. The molecule has 33 heavy (non-hydrogen) atoms. The number of thioether (sulfide) groups is 1. The number of nitrogens with zero attached hydrogens (tertiary/aromatic N) is 3. The van der Waals surface area contributed by atoms with Crippen molar-refractivity contribution in [2.24, 2.45) is 5.92 Å². The van der Waals surface area contributed by atoms with Gasteiger partial charge in [-0.3, -0.25) is 9.48 Å². The Morgan fingerprint density at radius 3 is 2.91 bits per heavy atom. The Bertz CT molecular complexity index is 887. The minimum atomic E-state index is -1.25. The quantitative estimate of drug-likeness (QED) is 0.133. The zero-order chi connectivity index (χ0) is 23.1. The van der Waals surface area contributed by atoms with Gasteiger partial charge in [0, 0.05) is 23.3 Å². The smallest absolute Gasteiger partial charge is 0.315 e. The molecule has 5 rings (SSSR count). The molecule has 0 spiro atoms. The van der Waals surface area contributed by atoms with Crippen LogP contribution in [0.5, 0.6) is 0 Å². The van der Waals surface area contributed by atoms with E-state index in [1.807, 2.05) is 11.8 Å². The lowest BCUT2D eigenvalue weighted by Gasteiger charge is -2.31. The Kier molecular flexibility index (Phi) is 6.49. The second-order valence-electron chi connectivity index (χ2n) is 9.28. The van der Waals surface area contributed by atoms with Crippen molar-refractivity contribution in [2.75, 3.05) is 5.75 Å². The molecule has 3 aliphatic heterocycles. The SMILES string of the molecule is O=C(CCCC[C@@H]1SC[C@@H]2NC(=O)N[C@@H]21)NCc1cn(C[C@@H]2[C@H](O)[C@H](O)[C@@H](O)[C@@H]3O[C@H]23)nn1. The van der Waals surface area contributed by atoms with Crippen molar-refractivity contribution in [1.29, 1.82) is 0 Å². The van der Waals surface area contributed by atoms with Gasteiger partial charge in [-0.15, -0.1) is 5.10 Å². The van der Waals surface area contributed by atoms with Crippen LogP contribution in [0, 0.1) is 5.92 Å². The number of hydrogen-bond donors (Lipinski definition) is 6. The van der Waals surface area contributed by atoms with E-state index in [2.05, 4.69) is 26.3 Å². The summed E-state index contributed by atoms with van der Waals surface area (Å²) in [5.74, 6) is 0.497. The minimum absolute atomic E-state index is 0.0497. The molecule has 1 aromatic rings. The van der Waals surface area contributed by atoms with E-state index in [4.69, 9.17) is 4.74 Å². The van der Waals surface area contributed by atoms with Crippen molar-refractivity contribution in [2.45, 2.75) is 86.6 Å². The number of aliphatic hydroxyl groups is 3. The van der Waals surface area contributed by atoms with Crippen molar-refractivity contribution in [3.63, 3.8) is 0 Å². The number of ether oxygens (including phenoxy) is 1. The highest BCUT2D eigenvalue weighted by molar-refractivity contribution is 8.00. The second-order valence-corrected chi connectivity index (χ2v) is 10.5. The first-order valence-electron chi connectivity index (χ1n) is 11.4. The summed E-state index contributed by atoms with van der Waals surface area (Å²) in [6.45, 7) is 0.555. The van der Waals surface area contributed by atoms with Crippen LogP contribution in [0.2, 0.25) is 0 Å². The average Bonchev–Trinajstić information content (AvgIpc) is 3.10. The van der Waals surface area contributed by atoms with Crippen molar-refractivity contribution < 1.29 is 29.6 Å². The summed E-state index contributed by atoms with van der Waals surface area (Å²) in [5, 5.41) is 47.3. The van der Waals surface area contributed by atoms with Crippen molar-refractivity contribution >= 4 is 23.7 Å². The number of urea groups is 1. The summed E-state index contributed by atoms with van der Waals surface area (Å²) in [6, 6.07) is 0.336. The fourth-order valence-corrected chi connectivity index (χ4v) is 6.63. The molecule has 6 N–H and O–H groups in total. The molecule has 1 aromatic heterocycles. The summed E-state index contributed by atoms with van der Waals surface area (Å²) in [7, 11) is 0. The lowest BCUT2D eigenvalue weighted by Crippen LogP contribution is -2.52. The molecule has 4 aliphatic rings. The average molecular weight is 483 g/mol. The predicted octanol–water partition coefficient (Wildman–Crippen LogP) is -1.90. The summed E-state index contributed by atoms with van der Waals surface area (Å²) in [4.78, 5) is 23.6. The van der Waals surface area contributed by atoms with Crippen LogP contribution in [0.3, 0.4) is 0 Å². The van der Waals surface area contributed by atoms with Crippen molar-refractivity contribution in [3.05, 3.63) is 11.9 Å². The van der Waals surface area contributed by atoms with Crippen LogP contribution in [0.25, 0.3) is 0 Å². The number of hydrogen-bond acceptors (Lipinski definition) is 9. The van der Waals surface area contributed by atoms with Gasteiger partial charge in [0.15, 0.2) is 0 Å². The normalized spacial score (nSPS) is 38.9. The number of rotatable bonds is 9. The number of epoxide rings is 1. The Hall–Kier alpha value is -1.93. The first kappa shape index (κ1) is 22.8. The molecule has 3 amide bonds. The monoisotopic (exact) mass is 482 g/mol. The molecule has 4 fully saturated rings.